The van der Waals surface area contributed by atoms with Crippen LogP contribution in [0, 0.1) is 0 Å². The van der Waals surface area contributed by atoms with Gasteiger partial charge in [-0.2, -0.15) is 0 Å². The van der Waals surface area contributed by atoms with Crippen molar-refractivity contribution in [2.24, 2.45) is 0 Å². The van der Waals surface area contributed by atoms with Crippen LogP contribution in [-0.2, 0) is 11.3 Å². The highest BCUT2D eigenvalue weighted by atomic mass is 16.5. The highest BCUT2D eigenvalue weighted by molar-refractivity contribution is 5.72. The van der Waals surface area contributed by atoms with Gasteiger partial charge in [-0.3, -0.25) is 4.57 Å². The van der Waals surface area contributed by atoms with Crippen LogP contribution in [-0.4, -0.2) is 31.2 Å². The summed E-state index contributed by atoms with van der Waals surface area (Å²) >= 11 is 0. The van der Waals surface area contributed by atoms with Gasteiger partial charge < -0.3 is 9.84 Å². The largest absolute Gasteiger partial charge is 0.390 e. The lowest BCUT2D eigenvalue weighted by molar-refractivity contribution is -0.0298. The molecule has 6 heteroatoms. The molecule has 1 aliphatic heterocycles. The van der Waals surface area contributed by atoms with Crippen molar-refractivity contribution in [3.05, 3.63) is 18.3 Å². The summed E-state index contributed by atoms with van der Waals surface area (Å²) in [5.41, 5.74) is 1.95. The average molecular weight is 234 g/mol. The van der Waals surface area contributed by atoms with Gasteiger partial charge in [0.25, 0.3) is 0 Å². The highest BCUT2D eigenvalue weighted by Gasteiger charge is 2.19. The van der Waals surface area contributed by atoms with E-state index in [4.69, 9.17) is 4.74 Å². The maximum atomic E-state index is 9.18. The van der Waals surface area contributed by atoms with Gasteiger partial charge in [-0.05, 0) is 19.3 Å². The molecule has 2 aromatic rings. The van der Waals surface area contributed by atoms with Crippen LogP contribution in [0.5, 0.6) is 0 Å². The fraction of sp³-hybridized carbons (Fsp3) is 0.545. The van der Waals surface area contributed by atoms with Crippen LogP contribution >= 0.6 is 0 Å². The number of fused-ring (bicyclic) bond motifs is 1. The molecule has 0 spiro atoms. The number of aromatic nitrogens is 4. The number of aliphatic hydroxyl groups is 1. The van der Waals surface area contributed by atoms with Gasteiger partial charge in [0.05, 0.1) is 18.6 Å². The molecule has 0 aromatic carbocycles. The van der Waals surface area contributed by atoms with Crippen LogP contribution in [0.4, 0.5) is 0 Å². The lowest BCUT2D eigenvalue weighted by Gasteiger charge is -2.23. The number of imidazole rings is 1. The summed E-state index contributed by atoms with van der Waals surface area (Å²) in [6.07, 6.45) is 6.42. The number of hydrogen-bond acceptors (Lipinski definition) is 5. The SMILES string of the molecule is OCc1ncnc2c1ncn2[C@H]1CCCCO1. The lowest BCUT2D eigenvalue weighted by Crippen LogP contribution is -2.17. The van der Waals surface area contributed by atoms with E-state index in [2.05, 4.69) is 15.0 Å². The van der Waals surface area contributed by atoms with Crippen molar-refractivity contribution < 1.29 is 9.84 Å². The summed E-state index contributed by atoms with van der Waals surface area (Å²) in [7, 11) is 0. The molecule has 3 rings (SSSR count). The molecular formula is C11H14N4O2. The van der Waals surface area contributed by atoms with Crippen LogP contribution in [0.25, 0.3) is 11.2 Å². The van der Waals surface area contributed by atoms with Gasteiger partial charge in [-0.25, -0.2) is 15.0 Å². The van der Waals surface area contributed by atoms with Crippen LogP contribution in [0.1, 0.15) is 31.2 Å². The van der Waals surface area contributed by atoms with Crippen molar-refractivity contribution in [3.63, 3.8) is 0 Å². The number of rotatable bonds is 2. The first-order valence-corrected chi connectivity index (χ1v) is 5.79. The summed E-state index contributed by atoms with van der Waals surface area (Å²) in [4.78, 5) is 12.5. The molecule has 0 unspecified atom stereocenters. The second kappa shape index (κ2) is 4.38. The van der Waals surface area contributed by atoms with Gasteiger partial charge in [0.15, 0.2) is 5.65 Å². The Morgan fingerprint density at radius 1 is 1.35 bits per heavy atom. The second-order valence-corrected chi connectivity index (χ2v) is 4.12. The Bertz CT molecular complexity index is 519. The number of hydrogen-bond donors (Lipinski definition) is 1. The van der Waals surface area contributed by atoms with Gasteiger partial charge in [0, 0.05) is 6.61 Å². The fourth-order valence-corrected chi connectivity index (χ4v) is 2.17. The van der Waals surface area contributed by atoms with E-state index >= 15 is 0 Å². The predicted octanol–water partition coefficient (Wildman–Crippen LogP) is 1.02. The molecule has 1 saturated heterocycles. The first-order valence-electron chi connectivity index (χ1n) is 5.79. The van der Waals surface area contributed by atoms with Crippen molar-refractivity contribution in [2.75, 3.05) is 6.61 Å². The quantitative estimate of drug-likeness (QED) is 0.839. The van der Waals surface area contributed by atoms with E-state index in [1.54, 1.807) is 6.33 Å². The maximum Gasteiger partial charge on any atom is 0.165 e. The smallest absolute Gasteiger partial charge is 0.165 e. The molecule has 3 heterocycles. The third-order valence-corrected chi connectivity index (χ3v) is 3.05. The van der Waals surface area contributed by atoms with E-state index in [1.165, 1.54) is 6.33 Å². The van der Waals surface area contributed by atoms with Crippen LogP contribution < -0.4 is 0 Å². The predicted molar refractivity (Wildman–Crippen MR) is 60.1 cm³/mol. The molecule has 1 atom stereocenters. The summed E-state index contributed by atoms with van der Waals surface area (Å²) in [6, 6.07) is 0. The standard InChI is InChI=1S/C11H14N4O2/c16-5-8-10-11(13-6-12-8)15(7-14-10)9-3-1-2-4-17-9/h6-7,9,16H,1-5H2/t9-/m1/s1. The van der Waals surface area contributed by atoms with Gasteiger partial charge in [0.2, 0.25) is 0 Å². The highest BCUT2D eigenvalue weighted by Crippen LogP contribution is 2.25. The molecule has 17 heavy (non-hydrogen) atoms. The van der Waals surface area contributed by atoms with Gasteiger partial charge in [-0.1, -0.05) is 0 Å². The Morgan fingerprint density at radius 3 is 3.06 bits per heavy atom. The minimum absolute atomic E-state index is 0.00944. The van der Waals surface area contributed by atoms with Gasteiger partial charge in [-0.15, -0.1) is 0 Å². The molecule has 0 bridgehead atoms. The average Bonchev–Trinajstić information content (AvgIpc) is 2.83. The number of nitrogens with zero attached hydrogens (tertiary/aromatic N) is 4. The van der Waals surface area contributed by atoms with Gasteiger partial charge in [0.1, 0.15) is 18.1 Å². The second-order valence-electron chi connectivity index (χ2n) is 4.12. The summed E-state index contributed by atoms with van der Waals surface area (Å²) < 4.78 is 7.63. The van der Waals surface area contributed by atoms with Crippen LogP contribution in [0.3, 0.4) is 0 Å². The van der Waals surface area contributed by atoms with E-state index in [9.17, 15) is 5.11 Å². The Hall–Kier alpha value is -1.53. The minimum atomic E-state index is -0.123. The topological polar surface area (TPSA) is 73.1 Å². The van der Waals surface area contributed by atoms with Crippen LogP contribution in [0.15, 0.2) is 12.7 Å². The third-order valence-electron chi connectivity index (χ3n) is 3.05. The molecule has 6 nitrogen and oxygen atoms in total. The van der Waals surface area contributed by atoms with Crippen LogP contribution in [0.2, 0.25) is 0 Å². The third kappa shape index (κ3) is 1.79. The van der Waals surface area contributed by atoms with Crippen molar-refractivity contribution in [1.82, 2.24) is 19.5 Å². The molecule has 0 radical (unpaired) electrons. The molecule has 1 N–H and O–H groups in total. The molecule has 0 amide bonds. The van der Waals surface area contributed by atoms with Gasteiger partial charge >= 0.3 is 0 Å². The first-order chi connectivity index (χ1) is 8.40. The molecule has 1 aliphatic rings. The zero-order valence-electron chi connectivity index (χ0n) is 9.41. The van der Waals surface area contributed by atoms with E-state index in [0.717, 1.165) is 31.5 Å². The van der Waals surface area contributed by atoms with Crippen molar-refractivity contribution in [1.29, 1.82) is 0 Å². The zero-order valence-corrected chi connectivity index (χ0v) is 9.41. The van der Waals surface area contributed by atoms with E-state index in [1.807, 2.05) is 4.57 Å². The Balaban J connectivity index is 2.05. The number of aliphatic hydroxyl groups excluding tert-OH is 1. The minimum Gasteiger partial charge on any atom is -0.390 e. The van der Waals surface area contributed by atoms with Crippen molar-refractivity contribution >= 4 is 11.2 Å². The Kier molecular flexibility index (Phi) is 2.74. The van der Waals surface area contributed by atoms with E-state index in [-0.39, 0.29) is 12.8 Å². The molecule has 1 fully saturated rings. The van der Waals surface area contributed by atoms with E-state index in [0.29, 0.717) is 11.2 Å². The van der Waals surface area contributed by atoms with E-state index < -0.39 is 0 Å². The normalized spacial score (nSPS) is 20.9. The maximum absolute atomic E-state index is 9.18. The monoisotopic (exact) mass is 234 g/mol. The molecule has 0 saturated carbocycles. The van der Waals surface area contributed by atoms with Crippen molar-refractivity contribution in [3.8, 4) is 0 Å². The van der Waals surface area contributed by atoms with Crippen molar-refractivity contribution in [2.45, 2.75) is 32.1 Å². The summed E-state index contributed by atoms with van der Waals surface area (Å²) in [6.45, 7) is 0.657. The summed E-state index contributed by atoms with van der Waals surface area (Å²) in [5, 5.41) is 9.18. The summed E-state index contributed by atoms with van der Waals surface area (Å²) in [5.74, 6) is 0. The molecule has 2 aromatic heterocycles. The Labute approximate surface area is 98.3 Å². The fourth-order valence-electron chi connectivity index (χ4n) is 2.17. The first kappa shape index (κ1) is 10.6. The zero-order chi connectivity index (χ0) is 11.7. The number of ether oxygens (including phenoxy) is 1. The lowest BCUT2D eigenvalue weighted by atomic mass is 10.2. The Morgan fingerprint density at radius 2 is 2.29 bits per heavy atom. The molecule has 0 aliphatic carbocycles. The molecular weight excluding hydrogens is 220 g/mol. The molecule has 90 valence electrons.